The highest BCUT2D eigenvalue weighted by molar-refractivity contribution is 7.99. The van der Waals surface area contributed by atoms with Gasteiger partial charge in [-0.25, -0.2) is 4.98 Å². The first-order valence-electron chi connectivity index (χ1n) is 9.51. The number of rotatable bonds is 8. The molecule has 1 aromatic heterocycles. The Balaban J connectivity index is 1.74. The summed E-state index contributed by atoms with van der Waals surface area (Å²) in [5, 5.41) is 11.6. The summed E-state index contributed by atoms with van der Waals surface area (Å²) in [6, 6.07) is 15.2. The lowest BCUT2D eigenvalue weighted by Crippen LogP contribution is -2.27. The largest absolute Gasteiger partial charge is 0.491 e. The van der Waals surface area contributed by atoms with E-state index in [0.717, 1.165) is 17.7 Å². The zero-order valence-electron chi connectivity index (χ0n) is 16.5. The first-order valence-corrected chi connectivity index (χ1v) is 10.5. The van der Waals surface area contributed by atoms with Crippen molar-refractivity contribution in [2.75, 3.05) is 12.4 Å². The predicted molar refractivity (Wildman–Crippen MR) is 114 cm³/mol. The van der Waals surface area contributed by atoms with Crippen molar-refractivity contribution in [2.24, 2.45) is 0 Å². The van der Waals surface area contributed by atoms with Gasteiger partial charge in [0.15, 0.2) is 5.16 Å². The Morgan fingerprint density at radius 2 is 2.00 bits per heavy atom. The minimum absolute atomic E-state index is 0.0343. The molecule has 148 valence electrons. The molecule has 0 fully saturated rings. The molecule has 2 atom stereocenters. The van der Waals surface area contributed by atoms with Gasteiger partial charge < -0.3 is 9.84 Å². The molecule has 3 aromatic rings. The van der Waals surface area contributed by atoms with E-state index in [4.69, 9.17) is 4.74 Å². The molecule has 1 heterocycles. The second-order valence-electron chi connectivity index (χ2n) is 6.94. The van der Waals surface area contributed by atoms with Crippen molar-refractivity contribution in [3.05, 3.63) is 64.4 Å². The van der Waals surface area contributed by atoms with Crippen molar-refractivity contribution in [1.82, 2.24) is 9.55 Å². The molecule has 0 unspecified atom stereocenters. The van der Waals surface area contributed by atoms with E-state index in [1.165, 1.54) is 11.8 Å². The minimum Gasteiger partial charge on any atom is -0.491 e. The number of hydrogen-bond acceptors (Lipinski definition) is 5. The summed E-state index contributed by atoms with van der Waals surface area (Å²) in [7, 11) is 0. The average Bonchev–Trinajstić information content (AvgIpc) is 2.70. The lowest BCUT2D eigenvalue weighted by atomic mass is 10.2. The van der Waals surface area contributed by atoms with Crippen molar-refractivity contribution in [1.29, 1.82) is 0 Å². The third kappa shape index (κ3) is 4.75. The van der Waals surface area contributed by atoms with Crippen LogP contribution in [-0.4, -0.2) is 33.1 Å². The lowest BCUT2D eigenvalue weighted by molar-refractivity contribution is 0.126. The number of nitrogens with zero attached hydrogens (tertiary/aromatic N) is 2. The SMILES string of the molecule is CC[C@@H](C)n1c(SC[C@@H](O)COc2cccc(C)c2)nc2ccccc2c1=O. The first kappa shape index (κ1) is 20.4. The van der Waals surface area contributed by atoms with E-state index in [0.29, 0.717) is 21.8 Å². The van der Waals surface area contributed by atoms with E-state index < -0.39 is 6.10 Å². The van der Waals surface area contributed by atoms with Gasteiger partial charge in [-0.3, -0.25) is 9.36 Å². The molecule has 0 saturated carbocycles. The molecule has 1 N–H and O–H groups in total. The minimum atomic E-state index is -0.667. The van der Waals surface area contributed by atoms with E-state index >= 15 is 0 Å². The Labute approximate surface area is 169 Å². The Morgan fingerprint density at radius 1 is 1.21 bits per heavy atom. The highest BCUT2D eigenvalue weighted by Gasteiger charge is 2.17. The summed E-state index contributed by atoms with van der Waals surface area (Å²) in [6.45, 7) is 6.25. The topological polar surface area (TPSA) is 64.3 Å². The van der Waals surface area contributed by atoms with Crippen LogP contribution in [0.5, 0.6) is 5.75 Å². The Hall–Kier alpha value is -2.31. The van der Waals surface area contributed by atoms with Gasteiger partial charge in [0.25, 0.3) is 5.56 Å². The fraction of sp³-hybridized carbons (Fsp3) is 0.364. The van der Waals surface area contributed by atoms with Crippen LogP contribution in [0.2, 0.25) is 0 Å². The number of aryl methyl sites for hydroxylation is 1. The number of aliphatic hydroxyl groups is 1. The molecule has 2 aromatic carbocycles. The predicted octanol–water partition coefficient (Wildman–Crippen LogP) is 4.21. The lowest BCUT2D eigenvalue weighted by Gasteiger charge is -2.19. The fourth-order valence-electron chi connectivity index (χ4n) is 2.92. The number of ether oxygens (including phenoxy) is 1. The summed E-state index contributed by atoms with van der Waals surface area (Å²) in [4.78, 5) is 17.6. The van der Waals surface area contributed by atoms with Crippen LogP contribution in [0.1, 0.15) is 31.9 Å². The van der Waals surface area contributed by atoms with Gasteiger partial charge in [0.2, 0.25) is 0 Å². The number of benzene rings is 2. The van der Waals surface area contributed by atoms with Gasteiger partial charge in [-0.15, -0.1) is 0 Å². The average molecular weight is 399 g/mol. The monoisotopic (exact) mass is 398 g/mol. The van der Waals surface area contributed by atoms with Gasteiger partial charge in [-0.1, -0.05) is 43.0 Å². The van der Waals surface area contributed by atoms with Crippen molar-refractivity contribution in [3.63, 3.8) is 0 Å². The third-order valence-corrected chi connectivity index (χ3v) is 5.74. The molecule has 0 aliphatic rings. The molecule has 0 saturated heterocycles. The molecule has 0 radical (unpaired) electrons. The van der Waals surface area contributed by atoms with E-state index in [1.807, 2.05) is 69.3 Å². The second-order valence-corrected chi connectivity index (χ2v) is 7.92. The fourth-order valence-corrected chi connectivity index (χ4v) is 3.92. The molecule has 0 aliphatic heterocycles. The number of para-hydroxylation sites is 1. The quantitative estimate of drug-likeness (QED) is 0.455. The molecule has 0 amide bonds. The maximum absolute atomic E-state index is 13.0. The normalized spacial score (nSPS) is 13.4. The molecular formula is C22H26N2O3S. The van der Waals surface area contributed by atoms with Crippen LogP contribution in [0.4, 0.5) is 0 Å². The summed E-state index contributed by atoms with van der Waals surface area (Å²) >= 11 is 1.39. The van der Waals surface area contributed by atoms with Crippen LogP contribution in [0.25, 0.3) is 10.9 Å². The maximum atomic E-state index is 13.0. The van der Waals surface area contributed by atoms with Crippen LogP contribution in [0.15, 0.2) is 58.5 Å². The van der Waals surface area contributed by atoms with Crippen molar-refractivity contribution in [3.8, 4) is 5.75 Å². The van der Waals surface area contributed by atoms with Crippen LogP contribution < -0.4 is 10.3 Å². The Bertz CT molecular complexity index is 1000. The van der Waals surface area contributed by atoms with Crippen molar-refractivity contribution in [2.45, 2.75) is 44.5 Å². The van der Waals surface area contributed by atoms with Crippen molar-refractivity contribution >= 4 is 22.7 Å². The highest BCUT2D eigenvalue weighted by atomic mass is 32.2. The summed E-state index contributed by atoms with van der Waals surface area (Å²) < 4.78 is 7.41. The maximum Gasteiger partial charge on any atom is 0.262 e. The standard InChI is InChI=1S/C22H26N2O3S/c1-4-16(3)24-21(26)19-10-5-6-11-20(19)23-22(24)28-14-17(25)13-27-18-9-7-8-15(2)12-18/h5-12,16-17,25H,4,13-14H2,1-3H3/t16-,17+/m1/s1. The molecule has 5 nitrogen and oxygen atoms in total. The van der Waals surface area contributed by atoms with Gasteiger partial charge in [0, 0.05) is 11.8 Å². The van der Waals surface area contributed by atoms with Crippen LogP contribution >= 0.6 is 11.8 Å². The van der Waals surface area contributed by atoms with Gasteiger partial charge in [0.05, 0.1) is 17.0 Å². The summed E-state index contributed by atoms with van der Waals surface area (Å²) in [5.74, 6) is 1.14. The Morgan fingerprint density at radius 3 is 2.75 bits per heavy atom. The zero-order valence-corrected chi connectivity index (χ0v) is 17.3. The van der Waals surface area contributed by atoms with Crippen LogP contribution in [0.3, 0.4) is 0 Å². The van der Waals surface area contributed by atoms with Crippen LogP contribution in [-0.2, 0) is 0 Å². The van der Waals surface area contributed by atoms with E-state index in [2.05, 4.69) is 4.98 Å². The van der Waals surface area contributed by atoms with Gasteiger partial charge in [-0.2, -0.15) is 0 Å². The molecule has 0 aliphatic carbocycles. The van der Waals surface area contributed by atoms with E-state index in [-0.39, 0.29) is 18.2 Å². The highest BCUT2D eigenvalue weighted by Crippen LogP contribution is 2.23. The number of aliphatic hydroxyl groups excluding tert-OH is 1. The van der Waals surface area contributed by atoms with Gasteiger partial charge in [-0.05, 0) is 50.1 Å². The van der Waals surface area contributed by atoms with Crippen LogP contribution in [0, 0.1) is 6.92 Å². The Kier molecular flexibility index (Phi) is 6.75. The second kappa shape index (κ2) is 9.26. The number of fused-ring (bicyclic) bond motifs is 1. The summed E-state index contributed by atoms with van der Waals surface area (Å²) in [5.41, 5.74) is 1.76. The van der Waals surface area contributed by atoms with E-state index in [9.17, 15) is 9.90 Å². The molecule has 0 bridgehead atoms. The number of aromatic nitrogens is 2. The molecular weight excluding hydrogens is 372 g/mol. The molecule has 0 spiro atoms. The molecule has 28 heavy (non-hydrogen) atoms. The number of thioether (sulfide) groups is 1. The van der Waals surface area contributed by atoms with Gasteiger partial charge >= 0.3 is 0 Å². The third-order valence-electron chi connectivity index (χ3n) is 4.64. The van der Waals surface area contributed by atoms with E-state index in [1.54, 1.807) is 4.57 Å². The first-order chi connectivity index (χ1) is 13.5. The smallest absolute Gasteiger partial charge is 0.262 e. The summed E-state index contributed by atoms with van der Waals surface area (Å²) in [6.07, 6.45) is 0.159. The van der Waals surface area contributed by atoms with Gasteiger partial charge in [0.1, 0.15) is 12.4 Å². The zero-order chi connectivity index (χ0) is 20.1. The number of hydrogen-bond donors (Lipinski definition) is 1. The molecule has 3 rings (SSSR count). The molecule has 6 heteroatoms. The van der Waals surface area contributed by atoms with Crippen molar-refractivity contribution < 1.29 is 9.84 Å².